The number of hydrogen-bond donors (Lipinski definition) is 3. The molecule has 0 fully saturated rings. The van der Waals surface area contributed by atoms with Crippen LogP contribution in [0.1, 0.15) is 258 Å². The lowest BCUT2D eigenvalue weighted by Crippen LogP contribution is -2.45. The van der Waals surface area contributed by atoms with Crippen molar-refractivity contribution in [3.05, 3.63) is 48.6 Å². The molecule has 2 unspecified atom stereocenters. The summed E-state index contributed by atoms with van der Waals surface area (Å²) in [6, 6.07) is -0.647. The molecule has 0 aliphatic heterocycles. The summed E-state index contributed by atoms with van der Waals surface area (Å²) in [6.45, 7) is 4.23. The Morgan fingerprint density at radius 2 is 0.786 bits per heavy atom. The Kier molecular flexibility index (Phi) is 46.3. The van der Waals surface area contributed by atoms with Crippen LogP contribution in [0.5, 0.6) is 0 Å². The second kappa shape index (κ2) is 47.7. The molecule has 0 saturated carbocycles. The molecular weight excluding hydrogens is 687 g/mol. The molecule has 0 rings (SSSR count). The molecule has 2 atom stereocenters. The summed E-state index contributed by atoms with van der Waals surface area (Å²) in [4.78, 5) is 12.4. The van der Waals surface area contributed by atoms with Crippen molar-refractivity contribution < 1.29 is 15.0 Å². The van der Waals surface area contributed by atoms with Gasteiger partial charge in [-0.25, -0.2) is 0 Å². The molecule has 3 N–H and O–H groups in total. The molecular formula is C52H97NO3. The Morgan fingerprint density at radius 1 is 0.429 bits per heavy atom. The van der Waals surface area contributed by atoms with Gasteiger partial charge >= 0.3 is 0 Å². The van der Waals surface area contributed by atoms with Gasteiger partial charge in [0.1, 0.15) is 0 Å². The molecule has 0 heterocycles. The van der Waals surface area contributed by atoms with Crippen molar-refractivity contribution in [3.8, 4) is 0 Å². The molecule has 0 aromatic heterocycles. The van der Waals surface area contributed by atoms with Gasteiger partial charge in [-0.2, -0.15) is 0 Å². The first-order chi connectivity index (χ1) is 27.7. The van der Waals surface area contributed by atoms with E-state index in [9.17, 15) is 15.0 Å². The third-order valence-electron chi connectivity index (χ3n) is 11.3. The van der Waals surface area contributed by atoms with Crippen LogP contribution in [0, 0.1) is 0 Å². The summed E-state index contributed by atoms with van der Waals surface area (Å²) >= 11 is 0. The molecule has 4 heteroatoms. The Bertz CT molecular complexity index is 893. The summed E-state index contributed by atoms with van der Waals surface area (Å²) in [5.74, 6) is -0.0885. The number of aliphatic hydroxyl groups is 2. The average molecular weight is 784 g/mol. The number of carbonyl (C=O) groups excluding carboxylic acids is 1. The third kappa shape index (κ3) is 43.5. The number of carbonyl (C=O) groups is 1. The zero-order chi connectivity index (χ0) is 40.7. The second-order valence-corrected chi connectivity index (χ2v) is 16.9. The highest BCUT2D eigenvalue weighted by molar-refractivity contribution is 5.76. The minimum Gasteiger partial charge on any atom is -0.394 e. The van der Waals surface area contributed by atoms with E-state index in [1.54, 1.807) is 6.08 Å². The van der Waals surface area contributed by atoms with Crippen molar-refractivity contribution in [3.63, 3.8) is 0 Å². The van der Waals surface area contributed by atoms with Gasteiger partial charge in [0.2, 0.25) is 5.91 Å². The normalized spacial score (nSPS) is 13.3. The molecule has 0 aliphatic rings. The van der Waals surface area contributed by atoms with E-state index in [0.29, 0.717) is 6.42 Å². The smallest absolute Gasteiger partial charge is 0.220 e. The van der Waals surface area contributed by atoms with Crippen molar-refractivity contribution in [1.82, 2.24) is 5.32 Å². The maximum atomic E-state index is 12.4. The van der Waals surface area contributed by atoms with E-state index in [1.807, 2.05) is 6.08 Å². The lowest BCUT2D eigenvalue weighted by molar-refractivity contribution is -0.123. The van der Waals surface area contributed by atoms with Gasteiger partial charge < -0.3 is 15.5 Å². The maximum Gasteiger partial charge on any atom is 0.220 e. The van der Waals surface area contributed by atoms with Crippen molar-refractivity contribution in [2.45, 2.75) is 270 Å². The van der Waals surface area contributed by atoms with E-state index in [0.717, 1.165) is 51.4 Å². The standard InChI is InChI=1S/C52H97NO3/c1-3-5-7-9-11-13-15-17-18-19-20-21-22-23-24-25-26-27-28-29-30-31-32-33-34-36-37-39-41-43-45-47-51(55)50(49-54)53-52(56)48-46-44-42-40-38-35-16-14-12-10-8-6-4-2/h8,10,14,16,37,39,45,47,50-51,54-55H,3-7,9,11-13,15,17-36,38,40-44,46,48-49H2,1-2H3,(H,53,56)/b10-8-,16-14-,39-37+,47-45+. The quantitative estimate of drug-likeness (QED) is 0.0425. The number of nitrogens with one attached hydrogen (secondary N) is 1. The van der Waals surface area contributed by atoms with Gasteiger partial charge in [-0.05, 0) is 57.8 Å². The van der Waals surface area contributed by atoms with E-state index < -0.39 is 12.1 Å². The largest absolute Gasteiger partial charge is 0.394 e. The SMILES string of the molecule is CCC/C=C\C/C=C\CCCCCCCC(=O)NC(CO)C(O)/C=C/CC/C=C/CCCCCCCCCCCCCCCCCCCCCCCCCCC. The van der Waals surface area contributed by atoms with Crippen LogP contribution in [0.2, 0.25) is 0 Å². The first kappa shape index (κ1) is 54.3. The predicted molar refractivity (Wildman–Crippen MR) is 248 cm³/mol. The Hall–Kier alpha value is -1.65. The number of unbranched alkanes of at least 4 members (excludes halogenated alkanes) is 32. The predicted octanol–water partition coefficient (Wildman–Crippen LogP) is 15.9. The van der Waals surface area contributed by atoms with Crippen LogP contribution in [0.15, 0.2) is 48.6 Å². The van der Waals surface area contributed by atoms with Crippen LogP contribution in [-0.2, 0) is 4.79 Å². The van der Waals surface area contributed by atoms with E-state index in [2.05, 4.69) is 55.6 Å². The van der Waals surface area contributed by atoms with Crippen LogP contribution in [0.3, 0.4) is 0 Å². The topological polar surface area (TPSA) is 69.6 Å². The van der Waals surface area contributed by atoms with E-state index in [-0.39, 0.29) is 12.5 Å². The van der Waals surface area contributed by atoms with Crippen LogP contribution in [0.25, 0.3) is 0 Å². The fourth-order valence-corrected chi connectivity index (χ4v) is 7.47. The molecule has 0 aliphatic carbocycles. The van der Waals surface area contributed by atoms with Crippen molar-refractivity contribution >= 4 is 5.91 Å². The Balaban J connectivity index is 3.50. The van der Waals surface area contributed by atoms with Crippen LogP contribution in [-0.4, -0.2) is 34.9 Å². The van der Waals surface area contributed by atoms with Crippen LogP contribution in [0.4, 0.5) is 0 Å². The summed E-state index contributed by atoms with van der Waals surface area (Å²) in [5.41, 5.74) is 0. The maximum absolute atomic E-state index is 12.4. The van der Waals surface area contributed by atoms with Crippen molar-refractivity contribution in [2.24, 2.45) is 0 Å². The fraction of sp³-hybridized carbons (Fsp3) is 0.827. The van der Waals surface area contributed by atoms with Crippen molar-refractivity contribution in [2.75, 3.05) is 6.61 Å². The lowest BCUT2D eigenvalue weighted by atomic mass is 10.0. The number of rotatable bonds is 45. The summed E-state index contributed by atoms with van der Waals surface area (Å²) in [6.07, 6.45) is 65.5. The lowest BCUT2D eigenvalue weighted by Gasteiger charge is -2.19. The molecule has 4 nitrogen and oxygen atoms in total. The van der Waals surface area contributed by atoms with Crippen LogP contribution >= 0.6 is 0 Å². The molecule has 0 bridgehead atoms. The fourth-order valence-electron chi connectivity index (χ4n) is 7.47. The first-order valence-electron chi connectivity index (χ1n) is 24.9. The highest BCUT2D eigenvalue weighted by Gasteiger charge is 2.17. The van der Waals surface area contributed by atoms with Gasteiger partial charge in [-0.3, -0.25) is 4.79 Å². The number of aliphatic hydroxyl groups excluding tert-OH is 2. The molecule has 56 heavy (non-hydrogen) atoms. The Labute approximate surface area is 350 Å². The highest BCUT2D eigenvalue weighted by atomic mass is 16.3. The van der Waals surface area contributed by atoms with Gasteiger partial charge in [0.25, 0.3) is 0 Å². The third-order valence-corrected chi connectivity index (χ3v) is 11.3. The van der Waals surface area contributed by atoms with Crippen LogP contribution < -0.4 is 5.32 Å². The minimum absolute atomic E-state index is 0.0885. The zero-order valence-corrected chi connectivity index (χ0v) is 37.7. The van der Waals surface area contributed by atoms with Gasteiger partial charge in [0, 0.05) is 6.42 Å². The zero-order valence-electron chi connectivity index (χ0n) is 37.7. The first-order valence-corrected chi connectivity index (χ1v) is 24.9. The molecule has 328 valence electrons. The summed E-state index contributed by atoms with van der Waals surface area (Å²) in [5, 5.41) is 23.0. The molecule has 0 aromatic carbocycles. The van der Waals surface area contributed by atoms with Gasteiger partial charge in [-0.1, -0.05) is 242 Å². The van der Waals surface area contributed by atoms with E-state index in [4.69, 9.17) is 0 Å². The molecule has 0 radical (unpaired) electrons. The van der Waals surface area contributed by atoms with E-state index in [1.165, 1.54) is 186 Å². The number of amides is 1. The van der Waals surface area contributed by atoms with Gasteiger partial charge in [-0.15, -0.1) is 0 Å². The molecule has 1 amide bonds. The number of hydrogen-bond acceptors (Lipinski definition) is 3. The molecule has 0 aromatic rings. The van der Waals surface area contributed by atoms with Gasteiger partial charge in [0.05, 0.1) is 18.8 Å². The minimum atomic E-state index is -0.869. The summed E-state index contributed by atoms with van der Waals surface area (Å²) < 4.78 is 0. The molecule has 0 spiro atoms. The summed E-state index contributed by atoms with van der Waals surface area (Å²) in [7, 11) is 0. The Morgan fingerprint density at radius 3 is 1.21 bits per heavy atom. The highest BCUT2D eigenvalue weighted by Crippen LogP contribution is 2.16. The average Bonchev–Trinajstić information content (AvgIpc) is 3.20. The number of allylic oxidation sites excluding steroid dienone is 7. The van der Waals surface area contributed by atoms with Crippen molar-refractivity contribution in [1.29, 1.82) is 0 Å². The monoisotopic (exact) mass is 784 g/mol. The van der Waals surface area contributed by atoms with E-state index >= 15 is 0 Å². The molecule has 0 saturated heterocycles. The van der Waals surface area contributed by atoms with Gasteiger partial charge in [0.15, 0.2) is 0 Å². The second-order valence-electron chi connectivity index (χ2n) is 16.9.